The van der Waals surface area contributed by atoms with Crippen LogP contribution in [-0.4, -0.2) is 49.3 Å². The van der Waals surface area contributed by atoms with Gasteiger partial charge in [-0.2, -0.15) is 5.10 Å². The lowest BCUT2D eigenvalue weighted by atomic mass is 10.0. The van der Waals surface area contributed by atoms with E-state index in [9.17, 15) is 13.2 Å². The first kappa shape index (κ1) is 24.2. The summed E-state index contributed by atoms with van der Waals surface area (Å²) in [6, 6.07) is 8.78. The summed E-state index contributed by atoms with van der Waals surface area (Å²) in [6.45, 7) is 5.42. The summed E-state index contributed by atoms with van der Waals surface area (Å²) in [5.74, 6) is 0.472. The number of sulfonamides is 1. The maximum Gasteiger partial charge on any atom is 0.285 e. The first-order valence-corrected chi connectivity index (χ1v) is 12.9. The lowest BCUT2D eigenvalue weighted by molar-refractivity contribution is 0.216. The highest BCUT2D eigenvalue weighted by Gasteiger charge is 2.27. The third-order valence-electron chi connectivity index (χ3n) is 5.65. The van der Waals surface area contributed by atoms with Crippen LogP contribution in [-0.2, 0) is 10.0 Å². The number of aromatic nitrogens is 3. The SMILES string of the molecule is CCCNS(=O)(=O)c1ccc(-c2ccnc(O[C@@H]3CCN(c4cn[nH]c(=O)c4Cl)C3)c2)c(C)c1. The molecule has 3 heterocycles. The predicted octanol–water partition coefficient (Wildman–Crippen LogP) is 3.14. The first-order valence-electron chi connectivity index (χ1n) is 11.0. The quantitative estimate of drug-likeness (QED) is 0.485. The monoisotopic (exact) mass is 503 g/mol. The standard InChI is InChI=1S/C23H26ClN5O4S/c1-3-8-27-34(31,32)18-4-5-19(15(2)11-18)16-6-9-25-21(12-16)33-17-7-10-29(14-17)20-13-26-28-23(30)22(20)24/h4-6,9,11-13,17,27H,3,7-8,10,14H2,1-2H3,(H,28,30)/t17-/m1/s1. The number of rotatable bonds is 8. The molecule has 0 bridgehead atoms. The van der Waals surface area contributed by atoms with Crippen molar-refractivity contribution in [2.45, 2.75) is 37.7 Å². The zero-order valence-electron chi connectivity index (χ0n) is 18.9. The highest BCUT2D eigenvalue weighted by Crippen LogP contribution is 2.30. The molecule has 180 valence electrons. The molecule has 1 aliphatic heterocycles. The van der Waals surface area contributed by atoms with E-state index in [4.69, 9.17) is 16.3 Å². The second-order valence-electron chi connectivity index (χ2n) is 8.13. The van der Waals surface area contributed by atoms with Gasteiger partial charge in [0.05, 0.1) is 23.3 Å². The number of hydrogen-bond donors (Lipinski definition) is 2. The van der Waals surface area contributed by atoms with Gasteiger partial charge in [-0.15, -0.1) is 0 Å². The van der Waals surface area contributed by atoms with Crippen LogP contribution in [0.1, 0.15) is 25.3 Å². The predicted molar refractivity (Wildman–Crippen MR) is 131 cm³/mol. The molecule has 1 aromatic carbocycles. The molecule has 4 rings (SSSR count). The van der Waals surface area contributed by atoms with Crippen molar-refractivity contribution in [3.8, 4) is 17.0 Å². The average molecular weight is 504 g/mol. The average Bonchev–Trinajstić information content (AvgIpc) is 3.27. The Balaban J connectivity index is 1.49. The number of nitrogens with zero attached hydrogens (tertiary/aromatic N) is 3. The number of pyridine rings is 1. The summed E-state index contributed by atoms with van der Waals surface area (Å²) in [7, 11) is -3.53. The van der Waals surface area contributed by atoms with E-state index in [1.54, 1.807) is 24.4 Å². The van der Waals surface area contributed by atoms with Gasteiger partial charge in [-0.05, 0) is 48.2 Å². The van der Waals surface area contributed by atoms with E-state index in [-0.39, 0.29) is 16.0 Å². The van der Waals surface area contributed by atoms with Crippen LogP contribution in [0.4, 0.5) is 5.69 Å². The van der Waals surface area contributed by atoms with Crippen molar-refractivity contribution in [3.63, 3.8) is 0 Å². The molecule has 0 radical (unpaired) electrons. The molecule has 1 aliphatic rings. The van der Waals surface area contributed by atoms with Crippen LogP contribution in [0.3, 0.4) is 0 Å². The summed E-state index contributed by atoms with van der Waals surface area (Å²) >= 11 is 6.13. The van der Waals surface area contributed by atoms with Crippen LogP contribution in [0.25, 0.3) is 11.1 Å². The van der Waals surface area contributed by atoms with E-state index in [1.165, 1.54) is 6.20 Å². The van der Waals surface area contributed by atoms with Gasteiger partial charge in [0, 0.05) is 31.8 Å². The topological polar surface area (TPSA) is 117 Å². The van der Waals surface area contributed by atoms with Gasteiger partial charge in [-0.3, -0.25) is 4.79 Å². The Bertz CT molecular complexity index is 1350. The number of anilines is 1. The Morgan fingerprint density at radius 1 is 1.29 bits per heavy atom. The second kappa shape index (κ2) is 10.1. The summed E-state index contributed by atoms with van der Waals surface area (Å²) in [6.07, 6.45) is 4.54. The van der Waals surface area contributed by atoms with Gasteiger partial charge in [0.25, 0.3) is 5.56 Å². The van der Waals surface area contributed by atoms with Gasteiger partial charge in [0.1, 0.15) is 11.1 Å². The molecule has 9 nitrogen and oxygen atoms in total. The molecule has 1 fully saturated rings. The zero-order valence-corrected chi connectivity index (χ0v) is 20.5. The van der Waals surface area contributed by atoms with Crippen LogP contribution in [0.15, 0.2) is 52.4 Å². The minimum Gasteiger partial charge on any atom is -0.472 e. The fourth-order valence-corrected chi connectivity index (χ4v) is 5.33. The number of aromatic amines is 1. The van der Waals surface area contributed by atoms with Gasteiger partial charge >= 0.3 is 0 Å². The van der Waals surface area contributed by atoms with Crippen LogP contribution < -0.4 is 19.9 Å². The van der Waals surface area contributed by atoms with Crippen molar-refractivity contribution >= 4 is 27.3 Å². The number of aryl methyl sites for hydroxylation is 1. The van der Waals surface area contributed by atoms with Crippen molar-refractivity contribution in [1.29, 1.82) is 0 Å². The van der Waals surface area contributed by atoms with Gasteiger partial charge in [0.15, 0.2) is 0 Å². The summed E-state index contributed by atoms with van der Waals surface area (Å²) in [4.78, 5) is 18.3. The number of hydrogen-bond acceptors (Lipinski definition) is 7. The Hall–Kier alpha value is -2.95. The Labute approximate surface area is 203 Å². The molecule has 0 unspecified atom stereocenters. The fourth-order valence-electron chi connectivity index (χ4n) is 3.90. The molecule has 11 heteroatoms. The van der Waals surface area contributed by atoms with Crippen LogP contribution in [0.5, 0.6) is 5.88 Å². The van der Waals surface area contributed by atoms with Crippen molar-refractivity contribution in [2.24, 2.45) is 0 Å². The molecule has 1 saturated heterocycles. The fraction of sp³-hybridized carbons (Fsp3) is 0.348. The summed E-state index contributed by atoms with van der Waals surface area (Å²) < 4.78 is 33.6. The van der Waals surface area contributed by atoms with Gasteiger partial charge < -0.3 is 9.64 Å². The summed E-state index contributed by atoms with van der Waals surface area (Å²) in [5.41, 5.74) is 2.77. The number of nitrogens with one attached hydrogen (secondary N) is 2. The smallest absolute Gasteiger partial charge is 0.285 e. The van der Waals surface area contributed by atoms with Gasteiger partial charge in [0.2, 0.25) is 15.9 Å². The number of ether oxygens (including phenoxy) is 1. The van der Waals surface area contributed by atoms with Crippen LogP contribution >= 0.6 is 11.6 Å². The number of benzene rings is 1. The molecule has 0 spiro atoms. The largest absolute Gasteiger partial charge is 0.472 e. The molecular weight excluding hydrogens is 478 g/mol. The Morgan fingerprint density at radius 2 is 2.12 bits per heavy atom. The van der Waals surface area contributed by atoms with Gasteiger partial charge in [-0.25, -0.2) is 23.2 Å². The molecule has 2 aromatic heterocycles. The maximum absolute atomic E-state index is 12.4. The highest BCUT2D eigenvalue weighted by molar-refractivity contribution is 7.89. The van der Waals surface area contributed by atoms with E-state index in [2.05, 4.69) is 19.9 Å². The molecule has 0 aliphatic carbocycles. The zero-order chi connectivity index (χ0) is 24.3. The van der Waals surface area contributed by atoms with E-state index >= 15 is 0 Å². The van der Waals surface area contributed by atoms with Crippen molar-refractivity contribution in [3.05, 3.63) is 63.7 Å². The van der Waals surface area contributed by atoms with Gasteiger partial charge in [-0.1, -0.05) is 24.6 Å². The van der Waals surface area contributed by atoms with Crippen molar-refractivity contribution < 1.29 is 13.2 Å². The number of halogens is 1. The normalized spacial score (nSPS) is 16.1. The lowest BCUT2D eigenvalue weighted by Crippen LogP contribution is -2.26. The molecule has 0 saturated carbocycles. The Morgan fingerprint density at radius 3 is 2.88 bits per heavy atom. The minimum absolute atomic E-state index is 0.113. The highest BCUT2D eigenvalue weighted by atomic mass is 35.5. The Kier molecular flexibility index (Phi) is 7.20. The molecule has 1 atom stereocenters. The molecule has 34 heavy (non-hydrogen) atoms. The second-order valence-corrected chi connectivity index (χ2v) is 10.3. The van der Waals surface area contributed by atoms with Crippen molar-refractivity contribution in [2.75, 3.05) is 24.5 Å². The van der Waals surface area contributed by atoms with E-state index in [0.29, 0.717) is 31.2 Å². The van der Waals surface area contributed by atoms with E-state index in [1.807, 2.05) is 30.9 Å². The molecular formula is C23H26ClN5O4S. The van der Waals surface area contributed by atoms with Crippen LogP contribution in [0, 0.1) is 6.92 Å². The first-order chi connectivity index (χ1) is 16.3. The molecule has 3 aromatic rings. The minimum atomic E-state index is -3.53. The van der Waals surface area contributed by atoms with Crippen molar-refractivity contribution in [1.82, 2.24) is 19.9 Å². The van der Waals surface area contributed by atoms with E-state index < -0.39 is 15.6 Å². The maximum atomic E-state index is 12.4. The summed E-state index contributed by atoms with van der Waals surface area (Å²) in [5, 5.41) is 6.26. The number of H-pyrrole nitrogens is 1. The van der Waals surface area contributed by atoms with Crippen LogP contribution in [0.2, 0.25) is 5.02 Å². The third-order valence-corrected chi connectivity index (χ3v) is 7.47. The molecule has 0 amide bonds. The van der Waals surface area contributed by atoms with E-state index in [0.717, 1.165) is 29.5 Å². The molecule has 2 N–H and O–H groups in total. The third kappa shape index (κ3) is 5.24. The lowest BCUT2D eigenvalue weighted by Gasteiger charge is -2.19.